The minimum atomic E-state index is 0.613. The molecular formula is C12H16ClN3. The molecule has 1 aromatic heterocycles. The Morgan fingerprint density at radius 3 is 2.69 bits per heavy atom. The lowest BCUT2D eigenvalue weighted by Crippen LogP contribution is -2.51. The van der Waals surface area contributed by atoms with E-state index in [2.05, 4.69) is 21.3 Å². The van der Waals surface area contributed by atoms with E-state index in [1.165, 1.54) is 18.5 Å². The summed E-state index contributed by atoms with van der Waals surface area (Å²) >= 11 is 5.95. The highest BCUT2D eigenvalue weighted by Crippen LogP contribution is 2.26. The molecule has 16 heavy (non-hydrogen) atoms. The van der Waals surface area contributed by atoms with E-state index in [9.17, 15) is 0 Å². The standard InChI is InChI=1S/C12H16ClN3/c1-8-4-11(5-14-12(8)13)16-6-9-2-3-10(7-16)15-9/h4-5,9-10,15H,2-3,6-7H2,1H3. The van der Waals surface area contributed by atoms with Crippen LogP contribution in [-0.2, 0) is 0 Å². The molecule has 4 heteroatoms. The van der Waals surface area contributed by atoms with E-state index in [1.54, 1.807) is 0 Å². The molecule has 0 amide bonds. The summed E-state index contributed by atoms with van der Waals surface area (Å²) in [5.74, 6) is 0. The predicted octanol–water partition coefficient (Wildman–Crippen LogP) is 1.98. The Labute approximate surface area is 101 Å². The molecular weight excluding hydrogens is 222 g/mol. The van der Waals surface area contributed by atoms with Gasteiger partial charge in [0.05, 0.1) is 11.9 Å². The second-order valence-corrected chi connectivity index (χ2v) is 5.20. The summed E-state index contributed by atoms with van der Waals surface area (Å²) in [6, 6.07) is 3.46. The molecule has 2 fully saturated rings. The first kappa shape index (κ1) is 10.4. The van der Waals surface area contributed by atoms with Crippen molar-refractivity contribution in [3.8, 4) is 0 Å². The lowest BCUT2D eigenvalue weighted by Gasteiger charge is -2.34. The number of halogens is 1. The van der Waals surface area contributed by atoms with Gasteiger partial charge in [-0.2, -0.15) is 0 Å². The van der Waals surface area contributed by atoms with Crippen LogP contribution in [0.2, 0.25) is 5.15 Å². The minimum absolute atomic E-state index is 0.613. The first-order valence-corrected chi connectivity index (χ1v) is 6.23. The average molecular weight is 238 g/mol. The Bertz CT molecular complexity index is 395. The monoisotopic (exact) mass is 237 g/mol. The highest BCUT2D eigenvalue weighted by Gasteiger charge is 2.32. The number of nitrogens with one attached hydrogen (secondary N) is 1. The highest BCUT2D eigenvalue weighted by atomic mass is 35.5. The third-order valence-electron chi connectivity index (χ3n) is 3.58. The van der Waals surface area contributed by atoms with E-state index in [-0.39, 0.29) is 0 Å². The smallest absolute Gasteiger partial charge is 0.132 e. The lowest BCUT2D eigenvalue weighted by molar-refractivity contribution is 0.465. The van der Waals surface area contributed by atoms with Gasteiger partial charge in [0.2, 0.25) is 0 Å². The number of anilines is 1. The molecule has 0 aromatic carbocycles. The summed E-state index contributed by atoms with van der Waals surface area (Å²) in [6.45, 7) is 4.20. The molecule has 3 rings (SSSR count). The van der Waals surface area contributed by atoms with E-state index in [0.717, 1.165) is 18.7 Å². The Balaban J connectivity index is 1.84. The molecule has 2 aliphatic rings. The van der Waals surface area contributed by atoms with E-state index < -0.39 is 0 Å². The van der Waals surface area contributed by atoms with E-state index in [0.29, 0.717) is 17.2 Å². The SMILES string of the molecule is Cc1cc(N2CC3CCC(C2)N3)cnc1Cl. The lowest BCUT2D eigenvalue weighted by atomic mass is 10.2. The number of aryl methyl sites for hydroxylation is 1. The average Bonchev–Trinajstić information content (AvgIpc) is 2.62. The second-order valence-electron chi connectivity index (χ2n) is 4.84. The molecule has 3 heterocycles. The van der Waals surface area contributed by atoms with Crippen molar-refractivity contribution in [1.82, 2.24) is 10.3 Å². The first-order valence-electron chi connectivity index (χ1n) is 5.85. The largest absolute Gasteiger partial charge is 0.367 e. The fourth-order valence-electron chi connectivity index (χ4n) is 2.72. The zero-order valence-corrected chi connectivity index (χ0v) is 10.2. The maximum absolute atomic E-state index is 5.95. The Morgan fingerprint density at radius 2 is 2.06 bits per heavy atom. The van der Waals surface area contributed by atoms with Crippen LogP contribution < -0.4 is 10.2 Å². The van der Waals surface area contributed by atoms with E-state index in [4.69, 9.17) is 11.6 Å². The summed E-state index contributed by atoms with van der Waals surface area (Å²) in [5.41, 5.74) is 2.27. The molecule has 2 unspecified atom stereocenters. The van der Waals surface area contributed by atoms with Gasteiger partial charge in [-0.25, -0.2) is 4.98 Å². The van der Waals surface area contributed by atoms with Gasteiger partial charge in [-0.3, -0.25) is 0 Å². The molecule has 0 aliphatic carbocycles. The fraction of sp³-hybridized carbons (Fsp3) is 0.583. The van der Waals surface area contributed by atoms with Gasteiger partial charge < -0.3 is 10.2 Å². The van der Waals surface area contributed by atoms with Crippen LogP contribution in [0.5, 0.6) is 0 Å². The fourth-order valence-corrected chi connectivity index (χ4v) is 2.83. The van der Waals surface area contributed by atoms with Crippen LogP contribution in [0.4, 0.5) is 5.69 Å². The number of hydrogen-bond acceptors (Lipinski definition) is 3. The number of hydrogen-bond donors (Lipinski definition) is 1. The normalized spacial score (nSPS) is 28.5. The molecule has 2 atom stereocenters. The summed E-state index contributed by atoms with van der Waals surface area (Å²) in [7, 11) is 0. The number of rotatable bonds is 1. The van der Waals surface area contributed by atoms with Gasteiger partial charge >= 0.3 is 0 Å². The Hall–Kier alpha value is -0.800. The van der Waals surface area contributed by atoms with Crippen LogP contribution in [0.25, 0.3) is 0 Å². The van der Waals surface area contributed by atoms with E-state index in [1.807, 2.05) is 13.1 Å². The topological polar surface area (TPSA) is 28.2 Å². The molecule has 1 N–H and O–H groups in total. The van der Waals surface area contributed by atoms with Gasteiger partial charge in [0, 0.05) is 25.2 Å². The second kappa shape index (κ2) is 3.90. The molecule has 1 aromatic rings. The number of aromatic nitrogens is 1. The molecule has 2 saturated heterocycles. The van der Waals surface area contributed by atoms with Crippen LogP contribution >= 0.6 is 11.6 Å². The molecule has 3 nitrogen and oxygen atoms in total. The zero-order chi connectivity index (χ0) is 11.1. The van der Waals surface area contributed by atoms with Gasteiger partial charge in [0.1, 0.15) is 5.15 Å². The van der Waals surface area contributed by atoms with E-state index >= 15 is 0 Å². The maximum Gasteiger partial charge on any atom is 0.132 e. The van der Waals surface area contributed by atoms with Crippen molar-refractivity contribution in [3.63, 3.8) is 0 Å². The summed E-state index contributed by atoms with van der Waals surface area (Å²) < 4.78 is 0. The quantitative estimate of drug-likeness (QED) is 0.758. The van der Waals surface area contributed by atoms with Crippen molar-refractivity contribution in [3.05, 3.63) is 23.0 Å². The van der Waals surface area contributed by atoms with Crippen molar-refractivity contribution in [2.45, 2.75) is 31.8 Å². The minimum Gasteiger partial charge on any atom is -0.367 e. The highest BCUT2D eigenvalue weighted by molar-refractivity contribution is 6.30. The predicted molar refractivity (Wildman–Crippen MR) is 66.1 cm³/mol. The molecule has 0 radical (unpaired) electrons. The maximum atomic E-state index is 5.95. The van der Waals surface area contributed by atoms with Gasteiger partial charge in [-0.05, 0) is 31.4 Å². The summed E-state index contributed by atoms with van der Waals surface area (Å²) in [4.78, 5) is 6.65. The summed E-state index contributed by atoms with van der Waals surface area (Å²) in [5, 5.41) is 4.24. The number of pyridine rings is 1. The Morgan fingerprint density at radius 1 is 1.38 bits per heavy atom. The van der Waals surface area contributed by atoms with Crippen molar-refractivity contribution in [1.29, 1.82) is 0 Å². The Kier molecular flexibility index (Phi) is 2.52. The van der Waals surface area contributed by atoms with Gasteiger partial charge in [-0.1, -0.05) is 11.6 Å². The van der Waals surface area contributed by atoms with Crippen molar-refractivity contribution < 1.29 is 0 Å². The van der Waals surface area contributed by atoms with Crippen LogP contribution in [-0.4, -0.2) is 30.2 Å². The molecule has 0 spiro atoms. The van der Waals surface area contributed by atoms with Crippen molar-refractivity contribution in [2.75, 3.05) is 18.0 Å². The van der Waals surface area contributed by atoms with Gasteiger partial charge in [0.15, 0.2) is 0 Å². The molecule has 0 saturated carbocycles. The number of nitrogens with zero attached hydrogens (tertiary/aromatic N) is 2. The van der Waals surface area contributed by atoms with Crippen LogP contribution in [0.15, 0.2) is 12.3 Å². The van der Waals surface area contributed by atoms with Crippen molar-refractivity contribution in [2.24, 2.45) is 0 Å². The van der Waals surface area contributed by atoms with Gasteiger partial charge in [-0.15, -0.1) is 0 Å². The molecule has 2 bridgehead atoms. The zero-order valence-electron chi connectivity index (χ0n) is 9.41. The summed E-state index contributed by atoms with van der Waals surface area (Å²) in [6.07, 6.45) is 4.50. The first-order chi connectivity index (χ1) is 7.72. The van der Waals surface area contributed by atoms with Crippen molar-refractivity contribution >= 4 is 17.3 Å². The molecule has 2 aliphatic heterocycles. The van der Waals surface area contributed by atoms with Gasteiger partial charge in [0.25, 0.3) is 0 Å². The third-order valence-corrected chi connectivity index (χ3v) is 3.98. The van der Waals surface area contributed by atoms with Crippen LogP contribution in [0.3, 0.4) is 0 Å². The molecule has 86 valence electrons. The van der Waals surface area contributed by atoms with Crippen LogP contribution in [0.1, 0.15) is 18.4 Å². The van der Waals surface area contributed by atoms with Crippen LogP contribution in [0, 0.1) is 6.92 Å². The third kappa shape index (κ3) is 1.78. The number of fused-ring (bicyclic) bond motifs is 2. The number of piperazine rings is 1.